The molecule has 0 nitrogen and oxygen atoms in total. The van der Waals surface area contributed by atoms with E-state index in [2.05, 4.69) is 85.9 Å². The van der Waals surface area contributed by atoms with Gasteiger partial charge >= 0.3 is 0 Å². The largest absolute Gasteiger partial charge is 0.113 e. The van der Waals surface area contributed by atoms with E-state index in [4.69, 9.17) is 0 Å². The quantitative estimate of drug-likeness (QED) is 0.423. The van der Waals surface area contributed by atoms with Crippen LogP contribution < -0.4 is 10.4 Å². The molecule has 0 radical (unpaired) electrons. The van der Waals surface area contributed by atoms with Gasteiger partial charge in [0.15, 0.2) is 0 Å². The second-order valence-electron chi connectivity index (χ2n) is 7.04. The van der Waals surface area contributed by atoms with Crippen LogP contribution in [0.25, 0.3) is 22.8 Å². The van der Waals surface area contributed by atoms with Crippen LogP contribution in [0, 0.1) is 0 Å². The first kappa shape index (κ1) is 13.1. The van der Waals surface area contributed by atoms with Gasteiger partial charge in [-0.25, -0.2) is 0 Å². The predicted molar refractivity (Wildman–Crippen MR) is 102 cm³/mol. The molecule has 3 aromatic carbocycles. The lowest BCUT2D eigenvalue weighted by atomic mass is 10.0. The first-order valence-corrected chi connectivity index (χ1v) is 11.2. The molecule has 23 heavy (non-hydrogen) atoms. The number of rotatable bonds is 0. The molecule has 0 saturated heterocycles. The zero-order valence-corrected chi connectivity index (χ0v) is 14.4. The summed E-state index contributed by atoms with van der Waals surface area (Å²) in [7, 11) is -1.71. The maximum Gasteiger partial charge on any atom is 0.113 e. The van der Waals surface area contributed by atoms with Gasteiger partial charge < -0.3 is 0 Å². The molecule has 5 rings (SSSR count). The molecular weight excluding hydrogens is 292 g/mol. The third-order valence-corrected chi connectivity index (χ3v) is 9.01. The van der Waals surface area contributed by atoms with Crippen LogP contribution in [-0.4, -0.2) is 8.07 Å². The normalized spacial score (nSPS) is 16.0. The van der Waals surface area contributed by atoms with Gasteiger partial charge in [-0.2, -0.15) is 0 Å². The van der Waals surface area contributed by atoms with Crippen LogP contribution >= 0.6 is 0 Å². The fourth-order valence-corrected chi connectivity index (χ4v) is 7.41. The molecule has 0 saturated carbocycles. The summed E-state index contributed by atoms with van der Waals surface area (Å²) in [4.78, 5) is 0. The van der Waals surface area contributed by atoms with Gasteiger partial charge in [0.25, 0.3) is 0 Å². The van der Waals surface area contributed by atoms with Crippen LogP contribution in [-0.2, 0) is 0 Å². The van der Waals surface area contributed by atoms with E-state index in [0.29, 0.717) is 0 Å². The minimum atomic E-state index is -1.71. The van der Waals surface area contributed by atoms with Gasteiger partial charge in [0.1, 0.15) is 8.07 Å². The lowest BCUT2D eigenvalue weighted by molar-refractivity contribution is 1.63. The van der Waals surface area contributed by atoms with E-state index in [-0.39, 0.29) is 0 Å². The SMILES string of the molecule is C[Si]1(C)c2ccccc2C=C2c3ccccc3-c3cccc1c32. The van der Waals surface area contributed by atoms with Crippen molar-refractivity contribution in [3.8, 4) is 11.1 Å². The molecule has 1 aliphatic carbocycles. The van der Waals surface area contributed by atoms with Gasteiger partial charge in [0.05, 0.1) is 0 Å². The molecule has 3 aromatic rings. The van der Waals surface area contributed by atoms with E-state index >= 15 is 0 Å². The Kier molecular flexibility index (Phi) is 2.47. The van der Waals surface area contributed by atoms with Crippen molar-refractivity contribution < 1.29 is 0 Å². The highest BCUT2D eigenvalue weighted by Crippen LogP contribution is 2.45. The monoisotopic (exact) mass is 310 g/mol. The highest BCUT2D eigenvalue weighted by Gasteiger charge is 2.37. The van der Waals surface area contributed by atoms with Crippen molar-refractivity contribution in [2.24, 2.45) is 0 Å². The average molecular weight is 310 g/mol. The van der Waals surface area contributed by atoms with Crippen LogP contribution in [0.3, 0.4) is 0 Å². The lowest BCUT2D eigenvalue weighted by Gasteiger charge is -2.26. The highest BCUT2D eigenvalue weighted by molar-refractivity contribution is 7.01. The Bertz CT molecular complexity index is 992. The van der Waals surface area contributed by atoms with E-state index < -0.39 is 8.07 Å². The van der Waals surface area contributed by atoms with E-state index in [0.717, 1.165) is 0 Å². The molecule has 0 N–H and O–H groups in total. The Balaban J connectivity index is 1.99. The van der Waals surface area contributed by atoms with Crippen LogP contribution in [0.4, 0.5) is 0 Å². The third-order valence-electron chi connectivity index (χ3n) is 5.45. The second-order valence-corrected chi connectivity index (χ2v) is 11.4. The summed E-state index contributed by atoms with van der Waals surface area (Å²) in [5.41, 5.74) is 8.49. The van der Waals surface area contributed by atoms with Crippen molar-refractivity contribution in [3.63, 3.8) is 0 Å². The first-order chi connectivity index (χ1) is 11.2. The van der Waals surface area contributed by atoms with Crippen LogP contribution in [0.5, 0.6) is 0 Å². The Morgan fingerprint density at radius 3 is 2.13 bits per heavy atom. The van der Waals surface area contributed by atoms with Gasteiger partial charge in [-0.05, 0) is 49.8 Å². The Morgan fingerprint density at radius 1 is 0.609 bits per heavy atom. The van der Waals surface area contributed by atoms with Crippen molar-refractivity contribution in [2.75, 3.05) is 0 Å². The second kappa shape index (κ2) is 4.33. The van der Waals surface area contributed by atoms with Gasteiger partial charge in [-0.3, -0.25) is 0 Å². The summed E-state index contributed by atoms with van der Waals surface area (Å²) in [6.45, 7) is 4.97. The summed E-state index contributed by atoms with van der Waals surface area (Å²) in [6, 6.07) is 24.7. The molecule has 0 amide bonds. The zero-order chi connectivity index (χ0) is 15.6. The Morgan fingerprint density at radius 2 is 1.26 bits per heavy atom. The smallest absolute Gasteiger partial charge is 0.0623 e. The topological polar surface area (TPSA) is 0 Å². The minimum absolute atomic E-state index is 1.39. The minimum Gasteiger partial charge on any atom is -0.0623 e. The molecule has 0 unspecified atom stereocenters. The number of fused-ring (bicyclic) bond motifs is 4. The molecule has 1 heteroatoms. The molecule has 110 valence electrons. The molecule has 0 fully saturated rings. The average Bonchev–Trinajstić information content (AvgIpc) is 2.84. The number of hydrogen-bond donors (Lipinski definition) is 0. The zero-order valence-electron chi connectivity index (χ0n) is 13.4. The van der Waals surface area contributed by atoms with Crippen LogP contribution in [0.2, 0.25) is 13.1 Å². The summed E-state index contributed by atoms with van der Waals surface area (Å²) >= 11 is 0. The van der Waals surface area contributed by atoms with Crippen molar-refractivity contribution in [1.82, 2.24) is 0 Å². The predicted octanol–water partition coefficient (Wildman–Crippen LogP) is 4.39. The fraction of sp³-hybridized carbons (Fsp3) is 0.0909. The van der Waals surface area contributed by atoms with Crippen molar-refractivity contribution in [3.05, 3.63) is 83.4 Å². The molecule has 0 aromatic heterocycles. The molecule has 0 bridgehead atoms. The molecule has 0 spiro atoms. The molecule has 2 aliphatic rings. The summed E-state index contributed by atoms with van der Waals surface area (Å²) in [6.07, 6.45) is 2.42. The van der Waals surface area contributed by atoms with E-state index in [1.54, 1.807) is 10.4 Å². The molecular formula is C22H18Si. The van der Waals surface area contributed by atoms with E-state index in [9.17, 15) is 0 Å². The highest BCUT2D eigenvalue weighted by atomic mass is 28.3. The fourth-order valence-electron chi connectivity index (χ4n) is 4.32. The Labute approximate surface area is 138 Å². The van der Waals surface area contributed by atoms with Crippen molar-refractivity contribution in [2.45, 2.75) is 13.1 Å². The van der Waals surface area contributed by atoms with Crippen molar-refractivity contribution in [1.29, 1.82) is 0 Å². The summed E-state index contributed by atoms with van der Waals surface area (Å²) in [5, 5.41) is 3.12. The summed E-state index contributed by atoms with van der Waals surface area (Å²) in [5.74, 6) is 0. The number of hydrogen-bond acceptors (Lipinski definition) is 0. The van der Waals surface area contributed by atoms with Gasteiger partial charge in [0.2, 0.25) is 0 Å². The molecule has 1 aliphatic heterocycles. The maximum atomic E-state index is 2.49. The molecule has 1 heterocycles. The van der Waals surface area contributed by atoms with E-state index in [1.165, 1.54) is 33.4 Å². The maximum absolute atomic E-state index is 2.49. The van der Waals surface area contributed by atoms with Gasteiger partial charge in [-0.15, -0.1) is 0 Å². The first-order valence-electron chi connectivity index (χ1n) is 8.23. The third kappa shape index (κ3) is 1.60. The van der Waals surface area contributed by atoms with Crippen LogP contribution in [0.15, 0.2) is 66.7 Å². The van der Waals surface area contributed by atoms with Gasteiger partial charge in [0, 0.05) is 0 Å². The van der Waals surface area contributed by atoms with Crippen molar-refractivity contribution >= 4 is 30.1 Å². The van der Waals surface area contributed by atoms with Crippen LogP contribution in [0.1, 0.15) is 16.7 Å². The van der Waals surface area contributed by atoms with Gasteiger partial charge in [-0.1, -0.05) is 79.8 Å². The summed E-state index contributed by atoms with van der Waals surface area (Å²) < 4.78 is 0. The Hall–Kier alpha value is -2.38. The standard InChI is InChI=1S/C22H18Si/c1-23(2)20-12-6-3-8-15(20)14-19-17-10-5-4-9-16(17)18-11-7-13-21(23)22(18)19/h3-14H,1-2H3. The molecule has 0 atom stereocenters. The van der Waals surface area contributed by atoms with E-state index in [1.807, 2.05) is 0 Å². The lowest BCUT2D eigenvalue weighted by Crippen LogP contribution is -2.54. The number of benzene rings is 3.